The van der Waals surface area contributed by atoms with Gasteiger partial charge in [-0.1, -0.05) is 65.4 Å². The predicted octanol–water partition coefficient (Wildman–Crippen LogP) is 4.97. The average molecular weight is 314 g/mol. The standard InChI is InChI=1S/C16H12ClN3S/c17-13(10-12-6-2-1-3-7-12)11-18-20-16-19-14-8-4-5-9-15(14)21-16/h1-11H,(H,19,20)/b13-10+,18-11?. The number of benzene rings is 2. The fourth-order valence-electron chi connectivity index (χ4n) is 1.81. The van der Waals surface area contributed by atoms with Gasteiger partial charge in [0.1, 0.15) is 0 Å². The summed E-state index contributed by atoms with van der Waals surface area (Å²) in [5.74, 6) is 0. The van der Waals surface area contributed by atoms with Crippen LogP contribution in [-0.2, 0) is 0 Å². The Morgan fingerprint density at radius 2 is 1.86 bits per heavy atom. The summed E-state index contributed by atoms with van der Waals surface area (Å²) in [4.78, 5) is 4.42. The summed E-state index contributed by atoms with van der Waals surface area (Å²) in [6, 6.07) is 17.8. The molecule has 3 nitrogen and oxygen atoms in total. The molecule has 5 heteroatoms. The number of fused-ring (bicyclic) bond motifs is 1. The first kappa shape index (κ1) is 13.8. The molecule has 0 aliphatic heterocycles. The third kappa shape index (κ3) is 3.68. The highest BCUT2D eigenvalue weighted by Crippen LogP contribution is 2.25. The fourth-order valence-corrected chi connectivity index (χ4v) is 2.81. The van der Waals surface area contributed by atoms with Gasteiger partial charge in [-0.15, -0.1) is 0 Å². The smallest absolute Gasteiger partial charge is 0.204 e. The number of nitrogens with one attached hydrogen (secondary N) is 1. The van der Waals surface area contributed by atoms with E-state index in [1.54, 1.807) is 17.6 Å². The van der Waals surface area contributed by atoms with Crippen molar-refractivity contribution in [2.45, 2.75) is 0 Å². The maximum atomic E-state index is 6.12. The van der Waals surface area contributed by atoms with Crippen molar-refractivity contribution in [1.29, 1.82) is 0 Å². The highest BCUT2D eigenvalue weighted by Gasteiger charge is 2.00. The number of halogens is 1. The SMILES string of the molecule is Cl/C(C=NNc1nc2ccccc2s1)=C/c1ccccc1. The number of rotatable bonds is 4. The first-order chi connectivity index (χ1) is 10.3. The van der Waals surface area contributed by atoms with Crippen LogP contribution in [0.2, 0.25) is 0 Å². The van der Waals surface area contributed by atoms with Crippen molar-refractivity contribution in [3.05, 3.63) is 65.2 Å². The molecule has 1 N–H and O–H groups in total. The summed E-state index contributed by atoms with van der Waals surface area (Å²) < 4.78 is 1.13. The van der Waals surface area contributed by atoms with Gasteiger partial charge in [-0.25, -0.2) is 4.98 Å². The number of hydrogen-bond acceptors (Lipinski definition) is 4. The molecule has 0 unspecified atom stereocenters. The number of thiazole rings is 1. The monoisotopic (exact) mass is 313 g/mol. The molecule has 0 bridgehead atoms. The molecule has 3 aromatic rings. The predicted molar refractivity (Wildman–Crippen MR) is 92.0 cm³/mol. The Morgan fingerprint density at radius 3 is 2.67 bits per heavy atom. The Bertz CT molecular complexity index is 760. The van der Waals surface area contributed by atoms with E-state index in [1.807, 2.05) is 60.7 Å². The van der Waals surface area contributed by atoms with E-state index >= 15 is 0 Å². The van der Waals surface area contributed by atoms with Crippen LogP contribution in [0.3, 0.4) is 0 Å². The molecule has 0 spiro atoms. The molecule has 0 saturated carbocycles. The van der Waals surface area contributed by atoms with E-state index in [0.29, 0.717) is 5.03 Å². The minimum atomic E-state index is 0.551. The third-order valence-electron chi connectivity index (χ3n) is 2.75. The summed E-state index contributed by atoms with van der Waals surface area (Å²) >= 11 is 7.67. The van der Waals surface area contributed by atoms with Crippen LogP contribution in [0.15, 0.2) is 64.7 Å². The fraction of sp³-hybridized carbons (Fsp3) is 0. The Balaban J connectivity index is 1.67. The summed E-state index contributed by atoms with van der Waals surface area (Å²) in [5, 5.41) is 5.40. The lowest BCUT2D eigenvalue weighted by Crippen LogP contribution is -1.88. The van der Waals surface area contributed by atoms with Crippen LogP contribution in [0, 0.1) is 0 Å². The molecule has 104 valence electrons. The van der Waals surface area contributed by atoms with Gasteiger partial charge >= 0.3 is 0 Å². The van der Waals surface area contributed by atoms with Crippen LogP contribution >= 0.6 is 22.9 Å². The highest BCUT2D eigenvalue weighted by atomic mass is 35.5. The van der Waals surface area contributed by atoms with E-state index in [-0.39, 0.29) is 0 Å². The molecule has 1 heterocycles. The van der Waals surface area contributed by atoms with Gasteiger partial charge in [0.15, 0.2) is 0 Å². The third-order valence-corrected chi connectivity index (χ3v) is 3.89. The number of allylic oxidation sites excluding steroid dienone is 1. The molecular formula is C16H12ClN3S. The molecule has 0 aliphatic carbocycles. The number of aromatic nitrogens is 1. The lowest BCUT2D eigenvalue weighted by molar-refractivity contribution is 1.31. The van der Waals surface area contributed by atoms with E-state index in [9.17, 15) is 0 Å². The largest absolute Gasteiger partial charge is 0.253 e. The average Bonchev–Trinajstić information content (AvgIpc) is 2.91. The number of nitrogens with zero attached hydrogens (tertiary/aromatic N) is 2. The number of hydrogen-bond donors (Lipinski definition) is 1. The zero-order valence-electron chi connectivity index (χ0n) is 11.0. The molecule has 0 fully saturated rings. The van der Waals surface area contributed by atoms with Crippen molar-refractivity contribution in [2.24, 2.45) is 5.10 Å². The van der Waals surface area contributed by atoms with Gasteiger partial charge < -0.3 is 0 Å². The molecule has 2 aromatic carbocycles. The summed E-state index contributed by atoms with van der Waals surface area (Å²) in [5.41, 5.74) is 4.90. The van der Waals surface area contributed by atoms with Gasteiger partial charge in [-0.05, 0) is 23.8 Å². The van der Waals surface area contributed by atoms with Crippen molar-refractivity contribution in [2.75, 3.05) is 5.43 Å². The van der Waals surface area contributed by atoms with Crippen molar-refractivity contribution in [3.63, 3.8) is 0 Å². The Labute approximate surface area is 131 Å². The number of para-hydroxylation sites is 1. The second kappa shape index (κ2) is 6.52. The van der Waals surface area contributed by atoms with Gasteiger partial charge in [0.25, 0.3) is 0 Å². The normalized spacial score (nSPS) is 12.1. The maximum Gasteiger partial charge on any atom is 0.204 e. The molecule has 0 aliphatic rings. The van der Waals surface area contributed by atoms with Crippen molar-refractivity contribution in [3.8, 4) is 0 Å². The quantitative estimate of drug-likeness (QED) is 0.545. The second-order valence-corrected chi connectivity index (χ2v) is 5.76. The van der Waals surface area contributed by atoms with Gasteiger partial charge in [0.05, 0.1) is 21.5 Å². The zero-order chi connectivity index (χ0) is 14.5. The van der Waals surface area contributed by atoms with Crippen LogP contribution in [0.5, 0.6) is 0 Å². The molecule has 0 radical (unpaired) electrons. The molecule has 0 saturated heterocycles. The lowest BCUT2D eigenvalue weighted by atomic mass is 10.2. The Hall–Kier alpha value is -2.17. The Kier molecular flexibility index (Phi) is 4.28. The summed E-state index contributed by atoms with van der Waals surface area (Å²) in [6.07, 6.45) is 3.42. The molecule has 1 aromatic heterocycles. The first-order valence-corrected chi connectivity index (χ1v) is 7.57. The molecular weight excluding hydrogens is 302 g/mol. The molecule has 3 rings (SSSR count). The van der Waals surface area contributed by atoms with Gasteiger partial charge in [-0.2, -0.15) is 5.10 Å². The zero-order valence-corrected chi connectivity index (χ0v) is 12.6. The van der Waals surface area contributed by atoms with Crippen LogP contribution < -0.4 is 5.43 Å². The Morgan fingerprint density at radius 1 is 1.10 bits per heavy atom. The van der Waals surface area contributed by atoms with Crippen LogP contribution in [0.25, 0.3) is 16.3 Å². The topological polar surface area (TPSA) is 37.3 Å². The van der Waals surface area contributed by atoms with Gasteiger partial charge in [0.2, 0.25) is 5.13 Å². The van der Waals surface area contributed by atoms with Crippen LogP contribution in [-0.4, -0.2) is 11.2 Å². The molecule has 21 heavy (non-hydrogen) atoms. The minimum absolute atomic E-state index is 0.551. The molecule has 0 amide bonds. The van der Waals surface area contributed by atoms with E-state index in [1.165, 1.54) is 0 Å². The van der Waals surface area contributed by atoms with Crippen molar-refractivity contribution < 1.29 is 0 Å². The van der Waals surface area contributed by atoms with Crippen molar-refractivity contribution >= 4 is 50.6 Å². The van der Waals surface area contributed by atoms with E-state index in [2.05, 4.69) is 15.5 Å². The molecule has 0 atom stereocenters. The van der Waals surface area contributed by atoms with Crippen LogP contribution in [0.1, 0.15) is 5.56 Å². The van der Waals surface area contributed by atoms with Crippen molar-refractivity contribution in [1.82, 2.24) is 4.98 Å². The van der Waals surface area contributed by atoms with E-state index < -0.39 is 0 Å². The number of hydrazone groups is 1. The summed E-state index contributed by atoms with van der Waals surface area (Å²) in [6.45, 7) is 0. The van der Waals surface area contributed by atoms with Crippen LogP contribution in [0.4, 0.5) is 5.13 Å². The van der Waals surface area contributed by atoms with Gasteiger partial charge in [-0.3, -0.25) is 5.43 Å². The number of anilines is 1. The van der Waals surface area contributed by atoms with Gasteiger partial charge in [0, 0.05) is 0 Å². The first-order valence-electron chi connectivity index (χ1n) is 6.38. The summed E-state index contributed by atoms with van der Waals surface area (Å²) in [7, 11) is 0. The highest BCUT2D eigenvalue weighted by molar-refractivity contribution is 7.22. The van der Waals surface area contributed by atoms with E-state index in [0.717, 1.165) is 20.9 Å². The minimum Gasteiger partial charge on any atom is -0.253 e. The maximum absolute atomic E-state index is 6.12. The lowest BCUT2D eigenvalue weighted by Gasteiger charge is -1.94. The second-order valence-electron chi connectivity index (χ2n) is 4.30. The van der Waals surface area contributed by atoms with E-state index in [4.69, 9.17) is 11.6 Å².